The Morgan fingerprint density at radius 2 is 2.22 bits per heavy atom. The summed E-state index contributed by atoms with van der Waals surface area (Å²) in [5, 5.41) is 13.2. The molecule has 1 atom stereocenters. The first-order chi connectivity index (χ1) is 11.0. The smallest absolute Gasteiger partial charge is 0.320 e. The number of nitrogens with one attached hydrogen (secondary N) is 2. The number of aromatic amines is 1. The zero-order chi connectivity index (χ0) is 16.8. The third-order valence-corrected chi connectivity index (χ3v) is 3.74. The lowest BCUT2D eigenvalue weighted by atomic mass is 10.1. The van der Waals surface area contributed by atoms with Crippen molar-refractivity contribution >= 4 is 22.8 Å². The van der Waals surface area contributed by atoms with Crippen molar-refractivity contribution < 1.29 is 19.4 Å². The van der Waals surface area contributed by atoms with Crippen molar-refractivity contribution in [1.82, 2.24) is 10.3 Å². The number of nitrogens with two attached hydrogens (primary N) is 1. The van der Waals surface area contributed by atoms with E-state index in [-0.39, 0.29) is 12.8 Å². The fourth-order valence-electron chi connectivity index (χ4n) is 2.47. The predicted molar refractivity (Wildman–Crippen MR) is 86.4 cm³/mol. The van der Waals surface area contributed by atoms with Crippen LogP contribution in [0.2, 0.25) is 0 Å². The van der Waals surface area contributed by atoms with Crippen LogP contribution in [-0.4, -0.2) is 41.7 Å². The number of H-pyrrole nitrogens is 1. The number of carbonyl (C=O) groups excluding carboxylic acids is 1. The molecule has 0 spiro atoms. The van der Waals surface area contributed by atoms with Gasteiger partial charge in [-0.2, -0.15) is 0 Å². The van der Waals surface area contributed by atoms with Gasteiger partial charge in [-0.05, 0) is 36.6 Å². The second kappa shape index (κ2) is 7.64. The SMILES string of the molecule is COc1ccc2[nH]cc(CCN[C@@H](CCC(N)=O)C(=O)O)c2c1. The van der Waals surface area contributed by atoms with Crippen LogP contribution < -0.4 is 15.8 Å². The first-order valence-electron chi connectivity index (χ1n) is 7.39. The zero-order valence-corrected chi connectivity index (χ0v) is 13.0. The fraction of sp³-hybridized carbons (Fsp3) is 0.375. The summed E-state index contributed by atoms with van der Waals surface area (Å²) in [7, 11) is 1.62. The number of carbonyl (C=O) groups is 2. The standard InChI is InChI=1S/C16H21N3O4/c1-23-11-2-3-13-12(8-11)10(9-19-13)6-7-18-14(16(21)22)4-5-15(17)20/h2-3,8-9,14,18-19H,4-7H2,1H3,(H2,17,20)(H,21,22)/t14-/m0/s1. The Morgan fingerprint density at radius 1 is 1.43 bits per heavy atom. The third-order valence-electron chi connectivity index (χ3n) is 3.74. The van der Waals surface area contributed by atoms with E-state index in [1.54, 1.807) is 7.11 Å². The molecule has 2 aromatic rings. The van der Waals surface area contributed by atoms with E-state index >= 15 is 0 Å². The number of fused-ring (bicyclic) bond motifs is 1. The van der Waals surface area contributed by atoms with Gasteiger partial charge in [-0.1, -0.05) is 0 Å². The molecule has 7 heteroatoms. The predicted octanol–water partition coefficient (Wildman–Crippen LogP) is 1.03. The summed E-state index contributed by atoms with van der Waals surface area (Å²) in [6.45, 7) is 0.486. The lowest BCUT2D eigenvalue weighted by Gasteiger charge is -2.13. The zero-order valence-electron chi connectivity index (χ0n) is 13.0. The van der Waals surface area contributed by atoms with Crippen molar-refractivity contribution in [1.29, 1.82) is 0 Å². The van der Waals surface area contributed by atoms with E-state index in [0.717, 1.165) is 22.2 Å². The van der Waals surface area contributed by atoms with Gasteiger partial charge in [-0.3, -0.25) is 9.59 Å². The molecule has 1 amide bonds. The Morgan fingerprint density at radius 3 is 2.87 bits per heavy atom. The maximum atomic E-state index is 11.2. The maximum Gasteiger partial charge on any atom is 0.320 e. The van der Waals surface area contributed by atoms with E-state index in [2.05, 4.69) is 10.3 Å². The van der Waals surface area contributed by atoms with Crippen LogP contribution in [0.3, 0.4) is 0 Å². The molecule has 1 heterocycles. The number of benzene rings is 1. The molecule has 0 aliphatic carbocycles. The highest BCUT2D eigenvalue weighted by Gasteiger charge is 2.17. The Bertz CT molecular complexity index is 696. The second-order valence-electron chi connectivity index (χ2n) is 5.33. The fourth-order valence-corrected chi connectivity index (χ4v) is 2.47. The quantitative estimate of drug-likeness (QED) is 0.550. The molecular weight excluding hydrogens is 298 g/mol. The topological polar surface area (TPSA) is 117 Å². The molecule has 124 valence electrons. The summed E-state index contributed by atoms with van der Waals surface area (Å²) in [5.74, 6) is -0.704. The van der Waals surface area contributed by atoms with Gasteiger partial charge in [0.25, 0.3) is 0 Å². The molecule has 2 rings (SSSR count). The van der Waals surface area contributed by atoms with Gasteiger partial charge in [0.1, 0.15) is 11.8 Å². The highest BCUT2D eigenvalue weighted by Crippen LogP contribution is 2.23. The minimum absolute atomic E-state index is 0.0499. The molecule has 0 saturated heterocycles. The molecule has 0 saturated carbocycles. The minimum Gasteiger partial charge on any atom is -0.497 e. The molecule has 23 heavy (non-hydrogen) atoms. The van der Waals surface area contributed by atoms with Crippen LogP contribution in [0.15, 0.2) is 24.4 Å². The summed E-state index contributed by atoms with van der Waals surface area (Å²) in [6.07, 6.45) is 2.80. The van der Waals surface area contributed by atoms with Gasteiger partial charge in [-0.25, -0.2) is 0 Å². The van der Waals surface area contributed by atoms with Gasteiger partial charge in [0.05, 0.1) is 7.11 Å². The summed E-state index contributed by atoms with van der Waals surface area (Å²) in [5.41, 5.74) is 7.14. The van der Waals surface area contributed by atoms with Crippen LogP contribution in [0, 0.1) is 0 Å². The van der Waals surface area contributed by atoms with Gasteiger partial charge in [-0.15, -0.1) is 0 Å². The first-order valence-corrected chi connectivity index (χ1v) is 7.39. The van der Waals surface area contributed by atoms with Gasteiger partial charge < -0.3 is 25.9 Å². The normalized spacial score (nSPS) is 12.2. The van der Waals surface area contributed by atoms with Gasteiger partial charge in [0.2, 0.25) is 5.91 Å². The summed E-state index contributed by atoms with van der Waals surface area (Å²) >= 11 is 0. The van der Waals surface area contributed by atoms with Crippen molar-refractivity contribution in [3.8, 4) is 5.75 Å². The maximum absolute atomic E-state index is 11.2. The minimum atomic E-state index is -0.980. The van der Waals surface area contributed by atoms with Crippen molar-refractivity contribution in [3.05, 3.63) is 30.0 Å². The Kier molecular flexibility index (Phi) is 5.59. The first kappa shape index (κ1) is 16.8. The highest BCUT2D eigenvalue weighted by molar-refractivity contribution is 5.84. The molecule has 1 aromatic heterocycles. The number of rotatable bonds is 9. The second-order valence-corrected chi connectivity index (χ2v) is 5.33. The van der Waals surface area contributed by atoms with E-state index in [1.165, 1.54) is 0 Å². The van der Waals surface area contributed by atoms with Crippen molar-refractivity contribution in [2.75, 3.05) is 13.7 Å². The van der Waals surface area contributed by atoms with Crippen LogP contribution in [0.5, 0.6) is 5.75 Å². The summed E-state index contributed by atoms with van der Waals surface area (Å²) < 4.78 is 5.22. The molecule has 5 N–H and O–H groups in total. The van der Waals surface area contributed by atoms with Crippen LogP contribution >= 0.6 is 0 Å². The molecule has 0 unspecified atom stereocenters. The lowest BCUT2D eigenvalue weighted by molar-refractivity contribution is -0.139. The molecule has 7 nitrogen and oxygen atoms in total. The summed E-state index contributed by atoms with van der Waals surface area (Å²) in [4.78, 5) is 25.1. The number of amides is 1. The molecule has 0 radical (unpaired) electrons. The lowest BCUT2D eigenvalue weighted by Crippen LogP contribution is -2.38. The van der Waals surface area contributed by atoms with E-state index in [9.17, 15) is 9.59 Å². The number of aromatic nitrogens is 1. The number of carboxylic acids is 1. The van der Waals surface area contributed by atoms with Gasteiger partial charge in [0.15, 0.2) is 0 Å². The van der Waals surface area contributed by atoms with Crippen LogP contribution in [0.25, 0.3) is 10.9 Å². The highest BCUT2D eigenvalue weighted by atomic mass is 16.5. The Hall–Kier alpha value is -2.54. The van der Waals surface area contributed by atoms with E-state index < -0.39 is 17.9 Å². The third kappa shape index (κ3) is 4.46. The Balaban J connectivity index is 1.97. The number of ether oxygens (including phenoxy) is 1. The van der Waals surface area contributed by atoms with Crippen molar-refractivity contribution in [3.63, 3.8) is 0 Å². The number of hydrogen-bond donors (Lipinski definition) is 4. The monoisotopic (exact) mass is 319 g/mol. The van der Waals surface area contributed by atoms with E-state index in [1.807, 2.05) is 24.4 Å². The largest absolute Gasteiger partial charge is 0.497 e. The number of primary amides is 1. The van der Waals surface area contributed by atoms with Gasteiger partial charge in [0, 0.05) is 30.1 Å². The molecule has 0 aliphatic heterocycles. The van der Waals surface area contributed by atoms with Crippen LogP contribution in [-0.2, 0) is 16.0 Å². The molecule has 0 bridgehead atoms. The number of carboxylic acid groups (broad SMARTS) is 1. The van der Waals surface area contributed by atoms with Crippen molar-refractivity contribution in [2.45, 2.75) is 25.3 Å². The number of methoxy groups -OCH3 is 1. The van der Waals surface area contributed by atoms with Crippen LogP contribution in [0.4, 0.5) is 0 Å². The number of hydrogen-bond acceptors (Lipinski definition) is 4. The van der Waals surface area contributed by atoms with Crippen LogP contribution in [0.1, 0.15) is 18.4 Å². The number of aliphatic carboxylic acids is 1. The molecule has 0 aliphatic rings. The molecule has 0 fully saturated rings. The Labute approximate surface area is 133 Å². The average molecular weight is 319 g/mol. The van der Waals surface area contributed by atoms with Crippen molar-refractivity contribution in [2.24, 2.45) is 5.73 Å². The molecular formula is C16H21N3O4. The van der Waals surface area contributed by atoms with Gasteiger partial charge >= 0.3 is 5.97 Å². The summed E-state index contributed by atoms with van der Waals surface area (Å²) in [6, 6.07) is 4.99. The van der Waals surface area contributed by atoms with E-state index in [0.29, 0.717) is 13.0 Å². The molecule has 1 aromatic carbocycles. The van der Waals surface area contributed by atoms with E-state index in [4.69, 9.17) is 15.6 Å². The average Bonchev–Trinajstić information content (AvgIpc) is 2.92.